The normalized spacial score (nSPS) is 21.3. The second-order valence-corrected chi connectivity index (χ2v) is 11.4. The number of fused-ring (bicyclic) bond motifs is 1. The van der Waals surface area contributed by atoms with Gasteiger partial charge in [0.2, 0.25) is 0 Å². The Hall–Kier alpha value is -2.37. The molecule has 0 atom stereocenters. The number of sulfone groups is 1. The third-order valence-electron chi connectivity index (χ3n) is 6.60. The van der Waals surface area contributed by atoms with Gasteiger partial charge in [-0.2, -0.15) is 0 Å². The van der Waals surface area contributed by atoms with Crippen LogP contribution in [-0.2, 0) is 9.84 Å². The molecule has 0 bridgehead atoms. The molecule has 2 aliphatic heterocycles. The average molecular weight is 455 g/mol. The van der Waals surface area contributed by atoms with Crippen LogP contribution in [-0.4, -0.2) is 67.6 Å². The number of rotatable bonds is 5. The number of nitrogens with one attached hydrogen (secondary N) is 1. The van der Waals surface area contributed by atoms with E-state index >= 15 is 0 Å². The largest absolute Gasteiger partial charge is 0.495 e. The highest BCUT2D eigenvalue weighted by molar-refractivity contribution is 7.91. The van der Waals surface area contributed by atoms with E-state index in [1.165, 1.54) is 12.8 Å². The number of benzene rings is 1. The highest BCUT2D eigenvalue weighted by Gasteiger charge is 2.29. The van der Waals surface area contributed by atoms with E-state index in [1.54, 1.807) is 7.11 Å². The molecule has 7 nitrogen and oxygen atoms in total. The summed E-state index contributed by atoms with van der Waals surface area (Å²) in [6.45, 7) is 3.02. The fourth-order valence-electron chi connectivity index (χ4n) is 4.49. The summed E-state index contributed by atoms with van der Waals surface area (Å²) in [5.74, 6) is 9.81. The van der Waals surface area contributed by atoms with Gasteiger partial charge < -0.3 is 10.1 Å². The molecule has 1 aliphatic carbocycles. The first kappa shape index (κ1) is 21.5. The molecule has 1 N–H and O–H groups in total. The summed E-state index contributed by atoms with van der Waals surface area (Å²) >= 11 is 0. The fraction of sp³-hybridized carbons (Fsp3) is 0.583. The molecule has 0 unspecified atom stereocenters. The van der Waals surface area contributed by atoms with Crippen molar-refractivity contribution in [1.82, 2.24) is 14.9 Å². The number of aromatic nitrogens is 2. The summed E-state index contributed by atoms with van der Waals surface area (Å²) in [6, 6.07) is 4.07. The molecule has 1 saturated carbocycles. The maximum atomic E-state index is 11.8. The summed E-state index contributed by atoms with van der Waals surface area (Å²) in [7, 11) is -1.25. The zero-order chi connectivity index (χ0) is 22.1. The lowest BCUT2D eigenvalue weighted by molar-refractivity contribution is 0.383. The summed E-state index contributed by atoms with van der Waals surface area (Å²) in [5, 5.41) is 4.42. The molecule has 3 aliphatic rings. The van der Waals surface area contributed by atoms with Crippen molar-refractivity contribution in [3.05, 3.63) is 23.5 Å². The second kappa shape index (κ2) is 8.87. The van der Waals surface area contributed by atoms with Crippen molar-refractivity contribution >= 4 is 26.6 Å². The van der Waals surface area contributed by atoms with Crippen molar-refractivity contribution in [3.63, 3.8) is 0 Å². The first-order valence-electron chi connectivity index (χ1n) is 11.6. The maximum absolute atomic E-state index is 11.8. The van der Waals surface area contributed by atoms with Crippen LogP contribution >= 0.6 is 0 Å². The molecule has 0 spiro atoms. The van der Waals surface area contributed by atoms with E-state index in [1.807, 2.05) is 12.1 Å². The highest BCUT2D eigenvalue weighted by Crippen LogP contribution is 2.40. The van der Waals surface area contributed by atoms with E-state index in [0.29, 0.717) is 24.5 Å². The number of hydrogen-bond donors (Lipinski definition) is 1. The number of methoxy groups -OCH3 is 1. The molecule has 32 heavy (non-hydrogen) atoms. The van der Waals surface area contributed by atoms with Crippen LogP contribution in [0.1, 0.15) is 55.8 Å². The van der Waals surface area contributed by atoms with Gasteiger partial charge >= 0.3 is 0 Å². The van der Waals surface area contributed by atoms with Gasteiger partial charge in [0.15, 0.2) is 0 Å². The number of hydrogen-bond acceptors (Lipinski definition) is 7. The van der Waals surface area contributed by atoms with E-state index < -0.39 is 9.84 Å². The molecule has 8 heteroatoms. The van der Waals surface area contributed by atoms with Gasteiger partial charge in [0, 0.05) is 17.3 Å². The molecule has 5 rings (SSSR count). The first-order chi connectivity index (χ1) is 15.5. The molecule has 0 amide bonds. The van der Waals surface area contributed by atoms with Crippen molar-refractivity contribution in [2.75, 3.05) is 43.6 Å². The molecule has 2 saturated heterocycles. The Morgan fingerprint density at radius 3 is 2.56 bits per heavy atom. The van der Waals surface area contributed by atoms with E-state index in [4.69, 9.17) is 14.7 Å². The van der Waals surface area contributed by atoms with E-state index in [-0.39, 0.29) is 17.5 Å². The van der Waals surface area contributed by atoms with Crippen LogP contribution in [0.5, 0.6) is 5.75 Å². The Balaban J connectivity index is 1.47. The van der Waals surface area contributed by atoms with E-state index in [9.17, 15) is 8.42 Å². The summed E-state index contributed by atoms with van der Waals surface area (Å²) < 4.78 is 29.3. The van der Waals surface area contributed by atoms with Gasteiger partial charge in [-0.15, -0.1) is 0 Å². The Kier molecular flexibility index (Phi) is 5.95. The quantitative estimate of drug-likeness (QED) is 0.696. The second-order valence-electron chi connectivity index (χ2n) is 9.13. The van der Waals surface area contributed by atoms with Gasteiger partial charge in [-0.05, 0) is 63.7 Å². The third-order valence-corrected chi connectivity index (χ3v) is 8.31. The van der Waals surface area contributed by atoms with Crippen molar-refractivity contribution in [3.8, 4) is 17.6 Å². The Bertz CT molecular complexity index is 1160. The number of nitrogens with zero attached hydrogens (tertiary/aromatic N) is 3. The lowest BCUT2D eigenvalue weighted by Gasteiger charge is -2.24. The predicted octanol–water partition coefficient (Wildman–Crippen LogP) is 2.95. The zero-order valence-electron chi connectivity index (χ0n) is 18.6. The van der Waals surface area contributed by atoms with Gasteiger partial charge in [0.05, 0.1) is 36.2 Å². The molecule has 2 aromatic rings. The molecule has 170 valence electrons. The predicted molar refractivity (Wildman–Crippen MR) is 126 cm³/mol. The van der Waals surface area contributed by atoms with Crippen molar-refractivity contribution in [2.24, 2.45) is 0 Å². The minimum atomic E-state index is -2.90. The average Bonchev–Trinajstić information content (AvgIpc) is 3.51. The van der Waals surface area contributed by atoms with Crippen LogP contribution in [0.4, 0.5) is 5.82 Å². The van der Waals surface area contributed by atoms with Crippen LogP contribution in [0.3, 0.4) is 0 Å². The highest BCUT2D eigenvalue weighted by atomic mass is 32.2. The van der Waals surface area contributed by atoms with Crippen molar-refractivity contribution in [2.45, 2.75) is 50.5 Å². The van der Waals surface area contributed by atoms with E-state index in [0.717, 1.165) is 60.6 Å². The minimum absolute atomic E-state index is 0.0922. The first-order valence-corrected chi connectivity index (χ1v) is 13.4. The number of anilines is 1. The van der Waals surface area contributed by atoms with Gasteiger partial charge in [0.1, 0.15) is 27.2 Å². The van der Waals surface area contributed by atoms with Gasteiger partial charge in [0.25, 0.3) is 0 Å². The van der Waals surface area contributed by atoms with Crippen LogP contribution in [0.15, 0.2) is 12.1 Å². The third kappa shape index (κ3) is 4.84. The number of ether oxygens (including phenoxy) is 1. The molecule has 3 fully saturated rings. The lowest BCUT2D eigenvalue weighted by atomic mass is 10.1. The molecular weight excluding hydrogens is 424 g/mol. The van der Waals surface area contributed by atoms with Crippen LogP contribution in [0.25, 0.3) is 10.9 Å². The lowest BCUT2D eigenvalue weighted by Crippen LogP contribution is -2.32. The summed E-state index contributed by atoms with van der Waals surface area (Å²) in [6.07, 6.45) is 5.94. The zero-order valence-corrected chi connectivity index (χ0v) is 19.4. The molecular formula is C24H30N4O3S. The minimum Gasteiger partial charge on any atom is -0.495 e. The Morgan fingerprint density at radius 2 is 1.88 bits per heavy atom. The molecule has 1 aromatic heterocycles. The summed E-state index contributed by atoms with van der Waals surface area (Å²) in [4.78, 5) is 12.1. The number of likely N-dealkylation sites (tertiary alicyclic amines) is 1. The standard InChI is InChI=1S/C24H30N4O3S/c1-31-22-16-20-21(15-18(22)5-4-12-28-10-2-3-11-28)26-23(17-6-7-17)27-24(20)25-19-8-13-32(29,30)14-9-19/h15-17,19H,2-3,6-14H2,1H3,(H,25,26,27). The molecule has 1 aromatic carbocycles. The van der Waals surface area contributed by atoms with Gasteiger partial charge in [-0.3, -0.25) is 4.90 Å². The van der Waals surface area contributed by atoms with Crippen molar-refractivity contribution in [1.29, 1.82) is 0 Å². The van der Waals surface area contributed by atoms with Gasteiger partial charge in [-0.25, -0.2) is 18.4 Å². The smallest absolute Gasteiger partial charge is 0.150 e. The topological polar surface area (TPSA) is 84.4 Å². The van der Waals surface area contributed by atoms with Crippen LogP contribution in [0.2, 0.25) is 0 Å². The van der Waals surface area contributed by atoms with Crippen LogP contribution < -0.4 is 10.1 Å². The summed E-state index contributed by atoms with van der Waals surface area (Å²) in [5.41, 5.74) is 1.70. The monoisotopic (exact) mass is 454 g/mol. The maximum Gasteiger partial charge on any atom is 0.150 e. The molecule has 0 radical (unpaired) electrons. The molecule has 3 heterocycles. The Morgan fingerprint density at radius 1 is 1.12 bits per heavy atom. The Labute approximate surface area is 189 Å². The van der Waals surface area contributed by atoms with Gasteiger partial charge in [-0.1, -0.05) is 11.8 Å². The van der Waals surface area contributed by atoms with Crippen LogP contribution in [0, 0.1) is 11.8 Å². The fourth-order valence-corrected chi connectivity index (χ4v) is 5.98. The van der Waals surface area contributed by atoms with Crippen molar-refractivity contribution < 1.29 is 13.2 Å². The van der Waals surface area contributed by atoms with E-state index in [2.05, 4.69) is 22.1 Å². The SMILES string of the molecule is COc1cc2c(NC3CCS(=O)(=O)CC3)nc(C3CC3)nc2cc1C#CCN1CCCC1.